The number of nitrogens with one attached hydrogen (secondary N) is 1. The Balaban J connectivity index is 1.10. The molecule has 1 aliphatic carbocycles. The molecule has 6 nitrogen and oxygen atoms in total. The minimum Gasteiger partial charge on any atom is -0.492 e. The number of ether oxygens (including phenoxy) is 2. The number of nitrogen functional groups attached to an aromatic ring is 1. The first-order valence-electron chi connectivity index (χ1n) is 14.7. The number of ketones is 1. The van der Waals surface area contributed by atoms with Crippen LogP contribution in [0.1, 0.15) is 45.6 Å². The summed E-state index contributed by atoms with van der Waals surface area (Å²) >= 11 is 0. The fraction of sp³-hybridized carbons (Fsp3) is 0.250. The Labute approximate surface area is 247 Å². The second kappa shape index (κ2) is 13.0. The smallest absolute Gasteiger partial charge is 0.176 e. The van der Waals surface area contributed by atoms with E-state index in [0.717, 1.165) is 35.2 Å². The minimum absolute atomic E-state index is 0.00521. The van der Waals surface area contributed by atoms with Gasteiger partial charge in [0.25, 0.3) is 0 Å². The number of Topliss-reactive ketones (excluding diaryl/α,β-unsaturated/α-hetero) is 1. The molecule has 0 saturated carbocycles. The summed E-state index contributed by atoms with van der Waals surface area (Å²) in [5, 5.41) is 1.31. The molecule has 0 aliphatic heterocycles. The summed E-state index contributed by atoms with van der Waals surface area (Å²) in [4.78, 5) is 19.1. The second-order valence-corrected chi connectivity index (χ2v) is 11.0. The Kier molecular flexibility index (Phi) is 8.52. The van der Waals surface area contributed by atoms with Crippen molar-refractivity contribution >= 4 is 22.4 Å². The van der Waals surface area contributed by atoms with Crippen LogP contribution in [0.15, 0.2) is 97.1 Å². The van der Waals surface area contributed by atoms with Gasteiger partial charge in [0.15, 0.2) is 5.78 Å². The van der Waals surface area contributed by atoms with Gasteiger partial charge in [-0.25, -0.2) is 0 Å². The van der Waals surface area contributed by atoms with E-state index in [-0.39, 0.29) is 12.3 Å². The van der Waals surface area contributed by atoms with Crippen LogP contribution in [-0.4, -0.2) is 35.4 Å². The number of rotatable bonds is 12. The molecule has 5 aromatic rings. The van der Waals surface area contributed by atoms with E-state index in [4.69, 9.17) is 15.2 Å². The molecule has 214 valence electrons. The highest BCUT2D eigenvalue weighted by atomic mass is 16.5. The van der Waals surface area contributed by atoms with Gasteiger partial charge in [-0.1, -0.05) is 60.7 Å². The van der Waals surface area contributed by atoms with Crippen molar-refractivity contribution in [3.05, 3.63) is 125 Å². The summed E-state index contributed by atoms with van der Waals surface area (Å²) in [6.45, 7) is 2.40. The molecule has 0 atom stereocenters. The number of benzene rings is 4. The molecule has 0 saturated heterocycles. The van der Waals surface area contributed by atoms with Crippen LogP contribution in [-0.2, 0) is 26.0 Å². The number of H-pyrrole nitrogens is 1. The van der Waals surface area contributed by atoms with Gasteiger partial charge < -0.3 is 20.2 Å². The molecule has 42 heavy (non-hydrogen) atoms. The number of anilines is 1. The average molecular weight is 560 g/mol. The predicted molar refractivity (Wildman–Crippen MR) is 168 cm³/mol. The Morgan fingerprint density at radius 3 is 2.38 bits per heavy atom. The quantitative estimate of drug-likeness (QED) is 0.127. The van der Waals surface area contributed by atoms with Crippen LogP contribution in [0.2, 0.25) is 0 Å². The third-order valence-corrected chi connectivity index (χ3v) is 7.93. The lowest BCUT2D eigenvalue weighted by Gasteiger charge is -2.22. The Hall–Kier alpha value is -4.55. The number of carbonyl (C=O) groups is 1. The van der Waals surface area contributed by atoms with Crippen molar-refractivity contribution in [1.29, 1.82) is 0 Å². The number of hydrogen-bond acceptors (Lipinski definition) is 5. The Morgan fingerprint density at radius 2 is 1.60 bits per heavy atom. The van der Waals surface area contributed by atoms with Crippen LogP contribution >= 0.6 is 0 Å². The van der Waals surface area contributed by atoms with Crippen molar-refractivity contribution in [3.63, 3.8) is 0 Å². The molecule has 1 aromatic heterocycles. The van der Waals surface area contributed by atoms with Crippen molar-refractivity contribution in [1.82, 2.24) is 9.88 Å². The molecule has 6 heteroatoms. The van der Waals surface area contributed by atoms with Gasteiger partial charge in [-0.2, -0.15) is 0 Å². The molecular formula is C36H37N3O3. The molecular weight excluding hydrogens is 522 g/mol. The molecule has 0 unspecified atom stereocenters. The molecule has 3 N–H and O–H groups in total. The molecule has 0 fully saturated rings. The summed E-state index contributed by atoms with van der Waals surface area (Å²) in [6.07, 6.45) is 4.77. The largest absolute Gasteiger partial charge is 0.492 e. The third-order valence-electron chi connectivity index (χ3n) is 7.93. The maximum Gasteiger partial charge on any atom is 0.176 e. The van der Waals surface area contributed by atoms with E-state index in [1.54, 1.807) is 18.2 Å². The standard InChI is InChI=1S/C36H37N3O3/c37-32-21-28(15-18-36(32)42-25-27-11-5-2-6-12-27)35(40)24-39(23-26-9-3-1-4-10-26)19-20-41-29-16-17-31-30-13-7-8-14-33(30)38-34(31)22-29/h1-6,9-12,15-18,21-22,38H,7-8,13-14,19-20,23-25,37H2. The van der Waals surface area contributed by atoms with Gasteiger partial charge in [-0.05, 0) is 72.7 Å². The number of fused-ring (bicyclic) bond motifs is 3. The SMILES string of the molecule is Nc1cc(C(=O)CN(CCOc2ccc3c4c([nH]c3c2)CCCC4)Cc2ccccc2)ccc1OCc1ccccc1. The monoisotopic (exact) mass is 559 g/mol. The third kappa shape index (κ3) is 6.67. The summed E-state index contributed by atoms with van der Waals surface area (Å²) in [5.41, 5.74) is 13.5. The zero-order valence-electron chi connectivity index (χ0n) is 23.9. The topological polar surface area (TPSA) is 80.6 Å². The van der Waals surface area contributed by atoms with Crippen molar-refractivity contribution in [3.8, 4) is 11.5 Å². The van der Waals surface area contributed by atoms with Crippen molar-refractivity contribution in [2.45, 2.75) is 38.8 Å². The van der Waals surface area contributed by atoms with Gasteiger partial charge >= 0.3 is 0 Å². The lowest BCUT2D eigenvalue weighted by molar-refractivity contribution is 0.0912. The first-order chi connectivity index (χ1) is 20.6. The normalized spacial score (nSPS) is 12.8. The summed E-state index contributed by atoms with van der Waals surface area (Å²) in [5.74, 6) is 1.42. The maximum atomic E-state index is 13.4. The van der Waals surface area contributed by atoms with E-state index in [1.165, 1.54) is 29.5 Å². The van der Waals surface area contributed by atoms with E-state index in [1.807, 2.05) is 48.5 Å². The number of nitrogens with zero attached hydrogens (tertiary/aromatic N) is 1. The second-order valence-electron chi connectivity index (χ2n) is 11.0. The lowest BCUT2D eigenvalue weighted by atomic mass is 9.96. The van der Waals surface area contributed by atoms with Gasteiger partial charge in [0.05, 0.1) is 12.2 Å². The van der Waals surface area contributed by atoms with Crippen LogP contribution in [0.25, 0.3) is 10.9 Å². The maximum absolute atomic E-state index is 13.4. The number of hydrogen-bond donors (Lipinski definition) is 2. The number of aryl methyl sites for hydroxylation is 2. The number of aromatic amines is 1. The fourth-order valence-electron chi connectivity index (χ4n) is 5.71. The van der Waals surface area contributed by atoms with Gasteiger partial charge in [0.1, 0.15) is 24.7 Å². The van der Waals surface area contributed by atoms with E-state index >= 15 is 0 Å². The van der Waals surface area contributed by atoms with E-state index in [0.29, 0.717) is 43.3 Å². The lowest BCUT2D eigenvalue weighted by Crippen LogP contribution is -2.33. The molecule has 1 heterocycles. The molecule has 1 aliphatic rings. The average Bonchev–Trinajstić information content (AvgIpc) is 3.39. The molecule has 4 aromatic carbocycles. The van der Waals surface area contributed by atoms with Gasteiger partial charge in [0.2, 0.25) is 0 Å². The molecule has 0 radical (unpaired) electrons. The summed E-state index contributed by atoms with van der Waals surface area (Å²) < 4.78 is 12.1. The van der Waals surface area contributed by atoms with Crippen LogP contribution in [0.3, 0.4) is 0 Å². The first kappa shape index (κ1) is 27.6. The van der Waals surface area contributed by atoms with Gasteiger partial charge in [0, 0.05) is 41.3 Å². The van der Waals surface area contributed by atoms with Crippen LogP contribution in [0.5, 0.6) is 11.5 Å². The predicted octanol–water partition coefficient (Wildman–Crippen LogP) is 6.97. The zero-order chi connectivity index (χ0) is 28.7. The highest BCUT2D eigenvalue weighted by Crippen LogP contribution is 2.31. The number of carbonyl (C=O) groups excluding carboxylic acids is 1. The van der Waals surface area contributed by atoms with Crippen molar-refractivity contribution in [2.75, 3.05) is 25.4 Å². The van der Waals surface area contributed by atoms with E-state index in [2.05, 4.69) is 40.2 Å². The van der Waals surface area contributed by atoms with Gasteiger partial charge in [-0.15, -0.1) is 0 Å². The highest BCUT2D eigenvalue weighted by Gasteiger charge is 2.17. The molecule has 0 amide bonds. The number of nitrogens with two attached hydrogens (primary N) is 1. The molecule has 6 rings (SSSR count). The van der Waals surface area contributed by atoms with Crippen LogP contribution in [0, 0.1) is 0 Å². The Morgan fingerprint density at radius 1 is 0.833 bits per heavy atom. The minimum atomic E-state index is 0.00521. The summed E-state index contributed by atoms with van der Waals surface area (Å²) in [7, 11) is 0. The first-order valence-corrected chi connectivity index (χ1v) is 14.7. The van der Waals surface area contributed by atoms with Gasteiger partial charge in [-0.3, -0.25) is 9.69 Å². The fourth-order valence-corrected chi connectivity index (χ4v) is 5.71. The van der Waals surface area contributed by atoms with Crippen molar-refractivity contribution < 1.29 is 14.3 Å². The molecule has 0 bridgehead atoms. The van der Waals surface area contributed by atoms with Crippen molar-refractivity contribution in [2.24, 2.45) is 0 Å². The molecule has 0 spiro atoms. The number of aromatic nitrogens is 1. The zero-order valence-corrected chi connectivity index (χ0v) is 23.9. The highest BCUT2D eigenvalue weighted by molar-refractivity contribution is 5.98. The van der Waals surface area contributed by atoms with E-state index < -0.39 is 0 Å². The summed E-state index contributed by atoms with van der Waals surface area (Å²) in [6, 6.07) is 31.8. The van der Waals surface area contributed by atoms with Crippen LogP contribution < -0.4 is 15.2 Å². The van der Waals surface area contributed by atoms with E-state index in [9.17, 15) is 4.79 Å². The Bertz CT molecular complexity index is 1650. The van der Waals surface area contributed by atoms with Crippen LogP contribution in [0.4, 0.5) is 5.69 Å².